The summed E-state index contributed by atoms with van der Waals surface area (Å²) in [6.07, 6.45) is 2.96. The van der Waals surface area contributed by atoms with Gasteiger partial charge in [-0.15, -0.1) is 24.8 Å². The number of hydrogen-bond donors (Lipinski definition) is 3. The number of aliphatic hydroxyl groups is 1. The Morgan fingerprint density at radius 2 is 2.12 bits per heavy atom. The standard InChI is InChI=1S/C16H21ClN4O3.2ClH/c17-11-3-4-14(19-7-11)20-15(23)10-2-1-5-21(9-10)16(24)13-6-12(22)8-18-13;;/h3-4,7,10,12-13,18,22H,1-2,5-6,8-9H2,(H,19,20,23);2*1H. The van der Waals surface area contributed by atoms with E-state index in [1.807, 2.05) is 0 Å². The average molecular weight is 426 g/mol. The van der Waals surface area contributed by atoms with E-state index in [1.54, 1.807) is 17.0 Å². The van der Waals surface area contributed by atoms with Gasteiger partial charge in [0.25, 0.3) is 0 Å². The quantitative estimate of drug-likeness (QED) is 0.682. The third-order valence-corrected chi connectivity index (χ3v) is 4.71. The number of aromatic nitrogens is 1. The number of carbonyl (C=O) groups excluding carboxylic acids is 2. The molecule has 3 rings (SSSR count). The summed E-state index contributed by atoms with van der Waals surface area (Å²) in [6, 6.07) is 2.97. The van der Waals surface area contributed by atoms with Gasteiger partial charge in [0, 0.05) is 25.8 Å². The molecule has 0 bridgehead atoms. The molecular weight excluding hydrogens is 403 g/mol. The van der Waals surface area contributed by atoms with Crippen LogP contribution in [-0.2, 0) is 9.59 Å². The molecule has 7 nitrogen and oxygen atoms in total. The van der Waals surface area contributed by atoms with Crippen molar-refractivity contribution in [3.05, 3.63) is 23.4 Å². The van der Waals surface area contributed by atoms with Crippen LogP contribution in [0.1, 0.15) is 19.3 Å². The lowest BCUT2D eigenvalue weighted by Crippen LogP contribution is -2.49. The fourth-order valence-corrected chi connectivity index (χ4v) is 3.31. The van der Waals surface area contributed by atoms with Crippen LogP contribution in [0.2, 0.25) is 5.02 Å². The van der Waals surface area contributed by atoms with Crippen LogP contribution in [0.3, 0.4) is 0 Å². The van der Waals surface area contributed by atoms with Gasteiger partial charge in [0.15, 0.2) is 0 Å². The second-order valence-electron chi connectivity index (χ2n) is 6.32. The Morgan fingerprint density at radius 3 is 2.73 bits per heavy atom. The molecule has 26 heavy (non-hydrogen) atoms. The van der Waals surface area contributed by atoms with Crippen molar-refractivity contribution in [1.82, 2.24) is 15.2 Å². The highest BCUT2D eigenvalue weighted by Gasteiger charge is 2.35. The van der Waals surface area contributed by atoms with Crippen molar-refractivity contribution in [1.29, 1.82) is 0 Å². The van der Waals surface area contributed by atoms with Gasteiger partial charge >= 0.3 is 0 Å². The Bertz CT molecular complexity index is 617. The van der Waals surface area contributed by atoms with E-state index in [-0.39, 0.29) is 48.6 Å². The molecule has 2 aliphatic heterocycles. The predicted octanol–water partition coefficient (Wildman–Crippen LogP) is 1.48. The van der Waals surface area contributed by atoms with Crippen LogP contribution < -0.4 is 10.6 Å². The molecule has 0 aromatic carbocycles. The molecule has 3 unspecified atom stereocenters. The summed E-state index contributed by atoms with van der Waals surface area (Å²) in [5.41, 5.74) is 0. The van der Waals surface area contributed by atoms with Crippen LogP contribution in [-0.4, -0.2) is 58.6 Å². The zero-order valence-corrected chi connectivity index (χ0v) is 16.4. The van der Waals surface area contributed by atoms with Crippen molar-refractivity contribution in [3.63, 3.8) is 0 Å². The number of nitrogens with one attached hydrogen (secondary N) is 2. The Morgan fingerprint density at radius 1 is 1.35 bits per heavy atom. The number of likely N-dealkylation sites (tertiary alicyclic amines) is 1. The Balaban J connectivity index is 0.00000169. The topological polar surface area (TPSA) is 94.6 Å². The summed E-state index contributed by atoms with van der Waals surface area (Å²) in [6.45, 7) is 1.49. The highest BCUT2D eigenvalue weighted by atomic mass is 35.5. The minimum Gasteiger partial charge on any atom is -0.392 e. The highest BCUT2D eigenvalue weighted by Crippen LogP contribution is 2.21. The van der Waals surface area contributed by atoms with Gasteiger partial charge in [-0.1, -0.05) is 11.6 Å². The largest absolute Gasteiger partial charge is 0.392 e. The van der Waals surface area contributed by atoms with E-state index in [9.17, 15) is 14.7 Å². The monoisotopic (exact) mass is 424 g/mol. The number of aliphatic hydroxyl groups excluding tert-OH is 1. The summed E-state index contributed by atoms with van der Waals surface area (Å²) in [4.78, 5) is 30.7. The fourth-order valence-electron chi connectivity index (χ4n) is 3.19. The van der Waals surface area contributed by atoms with Gasteiger partial charge in [-0.2, -0.15) is 0 Å². The van der Waals surface area contributed by atoms with Gasteiger partial charge in [-0.25, -0.2) is 4.98 Å². The van der Waals surface area contributed by atoms with E-state index in [4.69, 9.17) is 11.6 Å². The molecule has 2 saturated heterocycles. The molecule has 10 heteroatoms. The second-order valence-corrected chi connectivity index (χ2v) is 6.76. The fraction of sp³-hybridized carbons (Fsp3) is 0.562. The van der Waals surface area contributed by atoms with Gasteiger partial charge in [-0.3, -0.25) is 9.59 Å². The summed E-state index contributed by atoms with van der Waals surface area (Å²) in [5, 5.41) is 15.9. The number of halogens is 3. The lowest BCUT2D eigenvalue weighted by molar-refractivity contribution is -0.136. The Kier molecular flexibility index (Phi) is 9.06. The van der Waals surface area contributed by atoms with Crippen LogP contribution in [0, 0.1) is 5.92 Å². The highest BCUT2D eigenvalue weighted by molar-refractivity contribution is 6.30. The maximum atomic E-state index is 12.5. The van der Waals surface area contributed by atoms with Gasteiger partial charge < -0.3 is 20.6 Å². The van der Waals surface area contributed by atoms with Crippen molar-refractivity contribution < 1.29 is 14.7 Å². The minimum absolute atomic E-state index is 0. The van der Waals surface area contributed by atoms with E-state index in [0.717, 1.165) is 12.8 Å². The zero-order chi connectivity index (χ0) is 17.1. The van der Waals surface area contributed by atoms with E-state index >= 15 is 0 Å². The van der Waals surface area contributed by atoms with E-state index < -0.39 is 6.10 Å². The predicted molar refractivity (Wildman–Crippen MR) is 104 cm³/mol. The number of nitrogens with zero attached hydrogens (tertiary/aromatic N) is 2. The first-order valence-corrected chi connectivity index (χ1v) is 8.53. The molecule has 2 aliphatic rings. The first-order chi connectivity index (χ1) is 11.5. The number of pyridine rings is 1. The minimum atomic E-state index is -0.473. The number of carbonyl (C=O) groups is 2. The zero-order valence-electron chi connectivity index (χ0n) is 14.1. The van der Waals surface area contributed by atoms with Crippen molar-refractivity contribution >= 4 is 54.0 Å². The summed E-state index contributed by atoms with van der Waals surface area (Å²) in [5.74, 6) is 0.0235. The van der Waals surface area contributed by atoms with Crippen molar-refractivity contribution in [3.8, 4) is 0 Å². The maximum Gasteiger partial charge on any atom is 0.239 e. The average Bonchev–Trinajstić information content (AvgIpc) is 3.03. The first kappa shape index (κ1) is 22.9. The molecule has 1 aromatic heterocycles. The molecule has 3 atom stereocenters. The smallest absolute Gasteiger partial charge is 0.239 e. The van der Waals surface area contributed by atoms with Gasteiger partial charge in [0.2, 0.25) is 11.8 Å². The molecule has 3 heterocycles. The molecule has 0 saturated carbocycles. The van der Waals surface area contributed by atoms with Crippen molar-refractivity contribution in [2.75, 3.05) is 25.0 Å². The maximum absolute atomic E-state index is 12.5. The molecule has 146 valence electrons. The number of rotatable bonds is 3. The summed E-state index contributed by atoms with van der Waals surface area (Å²) >= 11 is 5.78. The third kappa shape index (κ3) is 5.69. The Labute approximate surface area is 169 Å². The van der Waals surface area contributed by atoms with E-state index in [1.165, 1.54) is 6.20 Å². The molecule has 3 N–H and O–H groups in total. The van der Waals surface area contributed by atoms with Crippen molar-refractivity contribution in [2.24, 2.45) is 5.92 Å². The molecule has 0 radical (unpaired) electrons. The normalized spacial score (nSPS) is 25.0. The van der Waals surface area contributed by atoms with Gasteiger partial charge in [-0.05, 0) is 31.4 Å². The lowest BCUT2D eigenvalue weighted by atomic mass is 9.96. The first-order valence-electron chi connectivity index (χ1n) is 8.15. The Hall–Kier alpha value is -1.12. The van der Waals surface area contributed by atoms with Crippen LogP contribution in [0.4, 0.5) is 5.82 Å². The summed E-state index contributed by atoms with van der Waals surface area (Å²) in [7, 11) is 0. The number of β-amino-alcohol motifs (C(OH)–C–C–N with tert-alkyl or cyclic N) is 1. The number of anilines is 1. The second kappa shape index (κ2) is 10.3. The number of amides is 2. The van der Waals surface area contributed by atoms with Gasteiger partial charge in [0.05, 0.1) is 23.1 Å². The molecule has 2 fully saturated rings. The summed E-state index contributed by atoms with van der Waals surface area (Å²) < 4.78 is 0. The van der Waals surface area contributed by atoms with E-state index in [2.05, 4.69) is 15.6 Å². The van der Waals surface area contributed by atoms with Crippen LogP contribution in [0.15, 0.2) is 18.3 Å². The molecule has 1 aromatic rings. The molecule has 0 aliphatic carbocycles. The van der Waals surface area contributed by atoms with Crippen LogP contribution >= 0.6 is 36.4 Å². The lowest BCUT2D eigenvalue weighted by Gasteiger charge is -2.33. The molecular formula is C16H23Cl3N4O3. The number of hydrogen-bond acceptors (Lipinski definition) is 5. The molecule has 0 spiro atoms. The van der Waals surface area contributed by atoms with Crippen molar-refractivity contribution in [2.45, 2.75) is 31.4 Å². The van der Waals surface area contributed by atoms with Crippen LogP contribution in [0.25, 0.3) is 0 Å². The number of piperidine rings is 1. The molecule has 2 amide bonds. The van der Waals surface area contributed by atoms with Crippen LogP contribution in [0.5, 0.6) is 0 Å². The SMILES string of the molecule is Cl.Cl.O=C(Nc1ccc(Cl)cn1)C1CCCN(C(=O)C2CC(O)CN2)C1. The third-order valence-electron chi connectivity index (χ3n) is 4.49. The van der Waals surface area contributed by atoms with Gasteiger partial charge in [0.1, 0.15) is 5.82 Å². The van der Waals surface area contributed by atoms with E-state index in [0.29, 0.717) is 36.9 Å².